The van der Waals surface area contributed by atoms with Crippen LogP contribution in [0.5, 0.6) is 0 Å². The van der Waals surface area contributed by atoms with Gasteiger partial charge in [0.15, 0.2) is 4.77 Å². The minimum atomic E-state index is 0.673. The molecule has 0 radical (unpaired) electrons. The highest BCUT2D eigenvalue weighted by Gasteiger charge is 1.97. The van der Waals surface area contributed by atoms with Crippen LogP contribution in [-0.4, -0.2) is 9.66 Å². The lowest BCUT2D eigenvalue weighted by Crippen LogP contribution is -2.10. The molecule has 0 unspecified atom stereocenters. The molecule has 0 amide bonds. The molecule has 2 aromatic rings. The molecule has 0 saturated heterocycles. The fourth-order valence-electron chi connectivity index (χ4n) is 1.24. The van der Waals surface area contributed by atoms with Crippen molar-refractivity contribution in [3.8, 4) is 0 Å². The number of nitrogens with one attached hydrogen (secondary N) is 2. The number of benzene rings is 1. The van der Waals surface area contributed by atoms with Crippen molar-refractivity contribution in [2.45, 2.75) is 6.92 Å². The lowest BCUT2D eigenvalue weighted by molar-refractivity contribution is 0.896. The summed E-state index contributed by atoms with van der Waals surface area (Å²) in [5.74, 6) is 0. The summed E-state index contributed by atoms with van der Waals surface area (Å²) in [6, 6.07) is 9.93. The van der Waals surface area contributed by atoms with Gasteiger partial charge in [0.05, 0.1) is 11.4 Å². The molecule has 0 saturated carbocycles. The fraction of sp³-hybridized carbons (Fsp3) is 0.100. The van der Waals surface area contributed by atoms with Gasteiger partial charge < -0.3 is 4.98 Å². The van der Waals surface area contributed by atoms with Crippen LogP contribution in [0.2, 0.25) is 0 Å². The third-order valence-corrected chi connectivity index (χ3v) is 2.28. The molecule has 0 aliphatic rings. The summed E-state index contributed by atoms with van der Waals surface area (Å²) >= 11 is 5.12. The highest BCUT2D eigenvalue weighted by molar-refractivity contribution is 7.71. The maximum absolute atomic E-state index is 5.12. The number of rotatable bonds is 2. The van der Waals surface area contributed by atoms with Crippen LogP contribution >= 0.6 is 12.2 Å². The van der Waals surface area contributed by atoms with E-state index >= 15 is 0 Å². The molecule has 0 aliphatic carbocycles. The molecular formula is C10H11N3S. The van der Waals surface area contributed by atoms with Crippen molar-refractivity contribution in [2.24, 2.45) is 0 Å². The van der Waals surface area contributed by atoms with E-state index in [1.807, 2.05) is 48.1 Å². The second-order valence-corrected chi connectivity index (χ2v) is 3.44. The minimum Gasteiger partial charge on any atom is -0.336 e. The molecule has 1 aromatic heterocycles. The van der Waals surface area contributed by atoms with Crippen LogP contribution in [0.4, 0.5) is 5.69 Å². The van der Waals surface area contributed by atoms with Crippen LogP contribution in [0.3, 0.4) is 0 Å². The van der Waals surface area contributed by atoms with Crippen LogP contribution in [0, 0.1) is 11.7 Å². The maximum atomic E-state index is 5.12. The lowest BCUT2D eigenvalue weighted by atomic mass is 10.3. The highest BCUT2D eigenvalue weighted by atomic mass is 32.1. The molecule has 0 bridgehead atoms. The average molecular weight is 205 g/mol. The Balaban J connectivity index is 2.32. The standard InChI is InChI=1S/C10H11N3S/c1-8-7-11-10(14)13(8)12-9-5-3-2-4-6-9/h2-7,12H,1H3,(H,11,14). The van der Waals surface area contributed by atoms with Crippen molar-refractivity contribution < 1.29 is 0 Å². The summed E-state index contributed by atoms with van der Waals surface area (Å²) in [4.78, 5) is 2.97. The normalized spacial score (nSPS) is 10.1. The van der Waals surface area contributed by atoms with Crippen LogP contribution in [0.15, 0.2) is 36.5 Å². The number of nitrogens with zero attached hydrogens (tertiary/aromatic N) is 1. The first-order chi connectivity index (χ1) is 6.77. The number of para-hydroxylation sites is 1. The van der Waals surface area contributed by atoms with Crippen LogP contribution in [0.1, 0.15) is 5.69 Å². The molecule has 3 nitrogen and oxygen atoms in total. The Morgan fingerprint density at radius 3 is 2.57 bits per heavy atom. The third-order valence-electron chi connectivity index (χ3n) is 1.98. The molecule has 2 rings (SSSR count). The van der Waals surface area contributed by atoms with E-state index < -0.39 is 0 Å². The van der Waals surface area contributed by atoms with Crippen molar-refractivity contribution >= 4 is 17.9 Å². The molecule has 2 N–H and O–H groups in total. The average Bonchev–Trinajstić information content (AvgIpc) is 2.51. The van der Waals surface area contributed by atoms with E-state index in [1.165, 1.54) is 0 Å². The van der Waals surface area contributed by atoms with E-state index in [0.717, 1.165) is 11.4 Å². The SMILES string of the molecule is Cc1c[nH]c(=S)n1Nc1ccccc1. The summed E-state index contributed by atoms with van der Waals surface area (Å²) in [6.07, 6.45) is 1.87. The van der Waals surface area contributed by atoms with Gasteiger partial charge >= 0.3 is 0 Å². The first-order valence-electron chi connectivity index (χ1n) is 4.36. The van der Waals surface area contributed by atoms with Gasteiger partial charge in [0.1, 0.15) is 0 Å². The predicted octanol–water partition coefficient (Wildman–Crippen LogP) is 2.73. The molecule has 0 aliphatic heterocycles. The number of anilines is 1. The van der Waals surface area contributed by atoms with Gasteiger partial charge in [0.2, 0.25) is 0 Å². The van der Waals surface area contributed by atoms with E-state index in [9.17, 15) is 0 Å². The molecule has 0 spiro atoms. The Labute approximate surface area is 87.4 Å². The zero-order valence-corrected chi connectivity index (χ0v) is 8.64. The topological polar surface area (TPSA) is 32.8 Å². The Morgan fingerprint density at radius 2 is 2.00 bits per heavy atom. The van der Waals surface area contributed by atoms with Crippen molar-refractivity contribution in [3.05, 3.63) is 47.0 Å². The molecule has 72 valence electrons. The number of H-pyrrole nitrogens is 1. The van der Waals surface area contributed by atoms with Gasteiger partial charge in [-0.1, -0.05) is 18.2 Å². The largest absolute Gasteiger partial charge is 0.336 e. The highest BCUT2D eigenvalue weighted by Crippen LogP contribution is 2.07. The van der Waals surface area contributed by atoms with E-state index in [0.29, 0.717) is 4.77 Å². The van der Waals surface area contributed by atoms with Gasteiger partial charge in [-0.2, -0.15) is 0 Å². The predicted molar refractivity (Wildman–Crippen MR) is 59.8 cm³/mol. The molecule has 14 heavy (non-hydrogen) atoms. The molecular weight excluding hydrogens is 194 g/mol. The summed E-state index contributed by atoms with van der Waals surface area (Å²) in [6.45, 7) is 1.99. The Bertz CT molecular complexity index is 470. The van der Waals surface area contributed by atoms with Gasteiger partial charge in [-0.15, -0.1) is 0 Å². The van der Waals surface area contributed by atoms with Crippen molar-refractivity contribution in [2.75, 3.05) is 5.43 Å². The van der Waals surface area contributed by atoms with E-state index in [-0.39, 0.29) is 0 Å². The molecule has 1 aromatic carbocycles. The van der Waals surface area contributed by atoms with Gasteiger partial charge in [0, 0.05) is 6.20 Å². The molecule has 0 fully saturated rings. The first-order valence-corrected chi connectivity index (χ1v) is 4.77. The zero-order valence-electron chi connectivity index (χ0n) is 7.82. The Morgan fingerprint density at radius 1 is 1.29 bits per heavy atom. The number of hydrogen-bond donors (Lipinski definition) is 2. The Kier molecular flexibility index (Phi) is 2.37. The number of aryl methyl sites for hydroxylation is 1. The fourth-order valence-corrected chi connectivity index (χ4v) is 1.48. The lowest BCUT2D eigenvalue weighted by Gasteiger charge is -2.08. The minimum absolute atomic E-state index is 0.673. The molecule has 4 heteroatoms. The Hall–Kier alpha value is -1.55. The number of hydrogen-bond acceptors (Lipinski definition) is 2. The third kappa shape index (κ3) is 1.70. The monoisotopic (exact) mass is 205 g/mol. The summed E-state index contributed by atoms with van der Waals surface area (Å²) in [5, 5.41) is 0. The zero-order chi connectivity index (χ0) is 9.97. The van der Waals surface area contributed by atoms with E-state index in [4.69, 9.17) is 12.2 Å². The second kappa shape index (κ2) is 3.67. The quantitative estimate of drug-likeness (QED) is 0.739. The maximum Gasteiger partial charge on any atom is 0.196 e. The van der Waals surface area contributed by atoms with Crippen molar-refractivity contribution in [3.63, 3.8) is 0 Å². The number of aromatic nitrogens is 2. The first kappa shape index (κ1) is 9.02. The van der Waals surface area contributed by atoms with E-state index in [2.05, 4.69) is 10.4 Å². The smallest absolute Gasteiger partial charge is 0.196 e. The molecule has 0 atom stereocenters. The van der Waals surface area contributed by atoms with Gasteiger partial charge in [-0.25, -0.2) is 4.68 Å². The van der Waals surface area contributed by atoms with Crippen molar-refractivity contribution in [1.29, 1.82) is 0 Å². The summed E-state index contributed by atoms with van der Waals surface area (Å²) in [5.41, 5.74) is 5.28. The van der Waals surface area contributed by atoms with E-state index in [1.54, 1.807) is 0 Å². The van der Waals surface area contributed by atoms with Gasteiger partial charge in [-0.3, -0.25) is 5.43 Å². The van der Waals surface area contributed by atoms with Crippen molar-refractivity contribution in [1.82, 2.24) is 9.66 Å². The van der Waals surface area contributed by atoms with Gasteiger partial charge in [-0.05, 0) is 31.3 Å². The second-order valence-electron chi connectivity index (χ2n) is 3.05. The number of aromatic amines is 1. The van der Waals surface area contributed by atoms with Crippen LogP contribution in [0.25, 0.3) is 0 Å². The van der Waals surface area contributed by atoms with Crippen LogP contribution < -0.4 is 5.43 Å². The van der Waals surface area contributed by atoms with Gasteiger partial charge in [0.25, 0.3) is 0 Å². The molecule has 1 heterocycles. The number of imidazole rings is 1. The summed E-state index contributed by atoms with van der Waals surface area (Å²) < 4.78 is 2.51. The van der Waals surface area contributed by atoms with Crippen LogP contribution in [-0.2, 0) is 0 Å². The summed E-state index contributed by atoms with van der Waals surface area (Å²) in [7, 11) is 0.